The van der Waals surface area contributed by atoms with Crippen LogP contribution in [-0.4, -0.2) is 50.3 Å². The number of carbonyl (C=O) groups is 1. The predicted molar refractivity (Wildman–Crippen MR) is 120 cm³/mol. The average molecular weight is 432 g/mol. The van der Waals surface area contributed by atoms with E-state index < -0.39 is 0 Å². The van der Waals surface area contributed by atoms with E-state index in [9.17, 15) is 4.79 Å². The summed E-state index contributed by atoms with van der Waals surface area (Å²) in [6.07, 6.45) is 1.90. The van der Waals surface area contributed by atoms with Crippen LogP contribution in [0.25, 0.3) is 0 Å². The zero-order valence-corrected chi connectivity index (χ0v) is 19.0. The Morgan fingerprint density at radius 1 is 1.14 bits per heavy atom. The second-order valence-corrected chi connectivity index (χ2v) is 8.57. The summed E-state index contributed by atoms with van der Waals surface area (Å²) in [4.78, 5) is 14.9. The summed E-state index contributed by atoms with van der Waals surface area (Å²) in [7, 11) is 0. The Labute approximate surface area is 181 Å². The van der Waals surface area contributed by atoms with Gasteiger partial charge < -0.3 is 20.3 Å². The third-order valence-corrected chi connectivity index (χ3v) is 5.54. The summed E-state index contributed by atoms with van der Waals surface area (Å²) in [5.74, 6) is 0.0742. The van der Waals surface area contributed by atoms with E-state index in [-0.39, 0.29) is 54.3 Å². The third kappa shape index (κ3) is 6.24. The smallest absolute Gasteiger partial charge is 0.240 e. The number of nitrogens with zero attached hydrogens (tertiary/aromatic N) is 1. The molecule has 28 heavy (non-hydrogen) atoms. The second-order valence-electron chi connectivity index (χ2n) is 8.57. The molecule has 2 aliphatic heterocycles. The summed E-state index contributed by atoms with van der Waals surface area (Å²) in [5.41, 5.74) is 2.82. The summed E-state index contributed by atoms with van der Waals surface area (Å²) >= 11 is 0. The zero-order valence-electron chi connectivity index (χ0n) is 17.4. The van der Waals surface area contributed by atoms with Crippen molar-refractivity contribution in [3.63, 3.8) is 0 Å². The zero-order chi connectivity index (χ0) is 18.7. The molecule has 0 aliphatic carbocycles. The first-order valence-electron chi connectivity index (χ1n) is 9.85. The molecule has 1 aromatic rings. The monoisotopic (exact) mass is 431 g/mol. The molecule has 3 rings (SSSR count). The number of piperidine rings is 1. The Morgan fingerprint density at radius 3 is 2.29 bits per heavy atom. The van der Waals surface area contributed by atoms with Crippen LogP contribution in [0.4, 0.5) is 5.69 Å². The number of anilines is 1. The number of amides is 1. The fraction of sp³-hybridized carbons (Fsp3) is 0.667. The van der Waals surface area contributed by atoms with Gasteiger partial charge in [-0.05, 0) is 42.9 Å². The van der Waals surface area contributed by atoms with Crippen LogP contribution in [0.2, 0.25) is 0 Å². The van der Waals surface area contributed by atoms with Gasteiger partial charge in [0.2, 0.25) is 5.91 Å². The van der Waals surface area contributed by atoms with Gasteiger partial charge in [-0.15, -0.1) is 24.8 Å². The van der Waals surface area contributed by atoms with E-state index in [0.717, 1.165) is 32.5 Å². The van der Waals surface area contributed by atoms with E-state index in [4.69, 9.17) is 4.74 Å². The largest absolute Gasteiger partial charge is 0.375 e. The molecule has 2 aliphatic rings. The van der Waals surface area contributed by atoms with Crippen molar-refractivity contribution in [1.29, 1.82) is 0 Å². The Bertz CT molecular complexity index is 611. The molecular weight excluding hydrogens is 397 g/mol. The Hall–Kier alpha value is -1.01. The predicted octanol–water partition coefficient (Wildman–Crippen LogP) is 3.29. The van der Waals surface area contributed by atoms with Gasteiger partial charge in [-0.2, -0.15) is 0 Å². The molecule has 2 fully saturated rings. The first-order valence-corrected chi connectivity index (χ1v) is 9.85. The molecule has 0 spiro atoms. The molecule has 1 amide bonds. The highest BCUT2D eigenvalue weighted by Crippen LogP contribution is 2.26. The Morgan fingerprint density at radius 2 is 1.75 bits per heavy atom. The lowest BCUT2D eigenvalue weighted by atomic mass is 9.87. The van der Waals surface area contributed by atoms with E-state index in [1.54, 1.807) is 0 Å². The maximum atomic E-state index is 12.5. The van der Waals surface area contributed by atoms with Crippen LogP contribution in [0.1, 0.15) is 46.1 Å². The molecule has 2 saturated heterocycles. The van der Waals surface area contributed by atoms with Crippen molar-refractivity contribution in [3.05, 3.63) is 29.8 Å². The van der Waals surface area contributed by atoms with E-state index in [2.05, 4.69) is 60.6 Å². The fourth-order valence-electron chi connectivity index (χ4n) is 3.77. The Kier molecular flexibility index (Phi) is 9.54. The van der Waals surface area contributed by atoms with Crippen molar-refractivity contribution in [2.75, 3.05) is 31.1 Å². The van der Waals surface area contributed by atoms with Crippen molar-refractivity contribution in [2.45, 2.75) is 64.1 Å². The summed E-state index contributed by atoms with van der Waals surface area (Å²) < 4.78 is 5.58. The fourth-order valence-corrected chi connectivity index (χ4v) is 3.77. The Balaban J connectivity index is 0.00000196. The van der Waals surface area contributed by atoms with Gasteiger partial charge in [-0.25, -0.2) is 0 Å². The number of halogens is 2. The lowest BCUT2D eigenvalue weighted by molar-refractivity contribution is -0.129. The minimum Gasteiger partial charge on any atom is -0.375 e. The van der Waals surface area contributed by atoms with E-state index in [0.29, 0.717) is 6.61 Å². The highest BCUT2D eigenvalue weighted by Gasteiger charge is 2.30. The van der Waals surface area contributed by atoms with Gasteiger partial charge in [0.25, 0.3) is 0 Å². The SMILES string of the molecule is C[C@H]1OCCN[C@@H]1C(=O)NC1CCN(c2ccc(C(C)(C)C)cc2)CC1.Cl.Cl. The summed E-state index contributed by atoms with van der Waals surface area (Å²) in [5, 5.41) is 6.47. The molecule has 1 aromatic carbocycles. The average Bonchev–Trinajstić information content (AvgIpc) is 2.62. The number of nitrogens with one attached hydrogen (secondary N) is 2. The first-order chi connectivity index (χ1) is 12.3. The van der Waals surface area contributed by atoms with Crippen molar-refractivity contribution in [2.24, 2.45) is 0 Å². The van der Waals surface area contributed by atoms with E-state index >= 15 is 0 Å². The molecule has 2 heterocycles. The molecule has 0 radical (unpaired) electrons. The minimum absolute atomic E-state index is 0. The van der Waals surface area contributed by atoms with Gasteiger partial charge in [0, 0.05) is 31.4 Å². The number of rotatable bonds is 3. The maximum absolute atomic E-state index is 12.5. The van der Waals surface area contributed by atoms with Crippen LogP contribution in [0.3, 0.4) is 0 Å². The summed E-state index contributed by atoms with van der Waals surface area (Å²) in [6.45, 7) is 12.0. The van der Waals surface area contributed by atoms with Crippen LogP contribution >= 0.6 is 24.8 Å². The van der Waals surface area contributed by atoms with Crippen molar-refractivity contribution < 1.29 is 9.53 Å². The molecule has 160 valence electrons. The molecule has 0 aromatic heterocycles. The number of morpholine rings is 1. The van der Waals surface area contributed by atoms with Gasteiger partial charge in [-0.3, -0.25) is 4.79 Å². The summed E-state index contributed by atoms with van der Waals surface area (Å²) in [6, 6.07) is 8.95. The van der Waals surface area contributed by atoms with Gasteiger partial charge in [0.1, 0.15) is 6.04 Å². The van der Waals surface area contributed by atoms with Gasteiger partial charge >= 0.3 is 0 Å². The number of carbonyl (C=O) groups excluding carboxylic acids is 1. The van der Waals surface area contributed by atoms with Crippen LogP contribution < -0.4 is 15.5 Å². The van der Waals surface area contributed by atoms with E-state index in [1.165, 1.54) is 11.3 Å². The molecule has 7 heteroatoms. The number of hydrogen-bond acceptors (Lipinski definition) is 4. The highest BCUT2D eigenvalue weighted by atomic mass is 35.5. The normalized spacial score (nSPS) is 23.4. The number of hydrogen-bond donors (Lipinski definition) is 2. The quantitative estimate of drug-likeness (QED) is 0.770. The molecule has 0 bridgehead atoms. The number of ether oxygens (including phenoxy) is 1. The topological polar surface area (TPSA) is 53.6 Å². The van der Waals surface area contributed by atoms with Crippen LogP contribution in [0, 0.1) is 0 Å². The van der Waals surface area contributed by atoms with Gasteiger partial charge in [0.05, 0.1) is 12.7 Å². The highest BCUT2D eigenvalue weighted by molar-refractivity contribution is 5.85. The van der Waals surface area contributed by atoms with Gasteiger partial charge in [-0.1, -0.05) is 32.9 Å². The molecular formula is C21H35Cl2N3O2. The minimum atomic E-state index is -0.230. The van der Waals surface area contributed by atoms with Crippen LogP contribution in [-0.2, 0) is 14.9 Å². The van der Waals surface area contributed by atoms with Gasteiger partial charge in [0.15, 0.2) is 0 Å². The van der Waals surface area contributed by atoms with Crippen LogP contribution in [0.15, 0.2) is 24.3 Å². The molecule has 5 nitrogen and oxygen atoms in total. The first kappa shape index (κ1) is 25.0. The maximum Gasteiger partial charge on any atom is 0.240 e. The number of benzene rings is 1. The van der Waals surface area contributed by atoms with Crippen molar-refractivity contribution in [1.82, 2.24) is 10.6 Å². The van der Waals surface area contributed by atoms with E-state index in [1.807, 2.05) is 6.92 Å². The lowest BCUT2D eigenvalue weighted by Gasteiger charge is -2.36. The lowest BCUT2D eigenvalue weighted by Crippen LogP contribution is -2.58. The third-order valence-electron chi connectivity index (χ3n) is 5.54. The van der Waals surface area contributed by atoms with Crippen LogP contribution in [0.5, 0.6) is 0 Å². The standard InChI is InChI=1S/C21H33N3O2.2ClH/c1-15-19(22-11-14-26-15)20(25)23-17-9-12-24(13-10-17)18-7-5-16(6-8-18)21(2,3)4;;/h5-8,15,17,19,22H,9-14H2,1-4H3,(H,23,25);2*1H/t15-,19+;;/m1../s1. The second kappa shape index (κ2) is 10.7. The molecule has 2 atom stereocenters. The molecule has 2 N–H and O–H groups in total. The molecule has 0 saturated carbocycles. The van der Waals surface area contributed by atoms with Crippen molar-refractivity contribution >= 4 is 36.4 Å². The molecule has 0 unspecified atom stereocenters. The van der Waals surface area contributed by atoms with Crippen molar-refractivity contribution in [3.8, 4) is 0 Å².